The molecule has 0 heterocycles. The average molecular weight is 256 g/mol. The molecule has 0 saturated heterocycles. The second-order valence-corrected chi connectivity index (χ2v) is 4.98. The van der Waals surface area contributed by atoms with Crippen LogP contribution in [0.2, 0.25) is 0 Å². The van der Waals surface area contributed by atoms with Crippen LogP contribution in [0.3, 0.4) is 0 Å². The summed E-state index contributed by atoms with van der Waals surface area (Å²) in [5.74, 6) is -0.112. The predicted molar refractivity (Wildman–Crippen MR) is 73.8 cm³/mol. The summed E-state index contributed by atoms with van der Waals surface area (Å²) in [5, 5.41) is 2.65. The Balaban J connectivity index is 0.00000137. The van der Waals surface area contributed by atoms with Crippen LogP contribution in [0.1, 0.15) is 53.4 Å². The lowest BCUT2D eigenvalue weighted by Gasteiger charge is -2.32. The van der Waals surface area contributed by atoms with E-state index in [1.165, 1.54) is 12.8 Å². The maximum atomic E-state index is 11.9. The van der Waals surface area contributed by atoms with Crippen molar-refractivity contribution in [3.8, 4) is 0 Å². The lowest BCUT2D eigenvalue weighted by atomic mass is 9.71. The van der Waals surface area contributed by atoms with Crippen molar-refractivity contribution in [1.29, 1.82) is 0 Å². The van der Waals surface area contributed by atoms with Crippen molar-refractivity contribution in [3.05, 3.63) is 0 Å². The van der Waals surface area contributed by atoms with E-state index >= 15 is 0 Å². The van der Waals surface area contributed by atoms with Crippen LogP contribution < -0.4 is 11.1 Å². The van der Waals surface area contributed by atoms with Crippen LogP contribution in [0.15, 0.2) is 0 Å². The maximum Gasteiger partial charge on any atom is 0.224 e. The van der Waals surface area contributed by atoms with E-state index in [9.17, 15) is 9.59 Å². The molecule has 2 atom stereocenters. The quantitative estimate of drug-likeness (QED) is 0.763. The Morgan fingerprint density at radius 2 is 1.89 bits per heavy atom. The minimum atomic E-state index is -0.720. The van der Waals surface area contributed by atoms with Gasteiger partial charge in [-0.3, -0.25) is 9.59 Å². The first-order valence-electron chi connectivity index (χ1n) is 6.97. The van der Waals surface area contributed by atoms with Gasteiger partial charge in [-0.25, -0.2) is 0 Å². The molecule has 0 aliphatic heterocycles. The number of amides is 2. The summed E-state index contributed by atoms with van der Waals surface area (Å²) in [5.41, 5.74) is 4.73. The third kappa shape index (κ3) is 4.00. The highest BCUT2D eigenvalue weighted by molar-refractivity contribution is 5.89. The van der Waals surface area contributed by atoms with Gasteiger partial charge in [-0.2, -0.15) is 0 Å². The zero-order valence-corrected chi connectivity index (χ0v) is 12.4. The number of carbonyl (C=O) groups excluding carboxylic acids is 2. The van der Waals surface area contributed by atoms with Gasteiger partial charge in [0, 0.05) is 7.05 Å². The van der Waals surface area contributed by atoms with Crippen molar-refractivity contribution in [2.24, 2.45) is 23.0 Å². The molecule has 4 nitrogen and oxygen atoms in total. The zero-order chi connectivity index (χ0) is 14.3. The van der Waals surface area contributed by atoms with E-state index < -0.39 is 5.41 Å². The molecule has 4 heteroatoms. The number of nitrogens with one attached hydrogen (secondary N) is 1. The summed E-state index contributed by atoms with van der Waals surface area (Å²) in [4.78, 5) is 23.4. The smallest absolute Gasteiger partial charge is 0.224 e. The van der Waals surface area contributed by atoms with E-state index in [-0.39, 0.29) is 17.7 Å². The molecule has 106 valence electrons. The monoisotopic (exact) mass is 256 g/mol. The maximum absolute atomic E-state index is 11.9. The second-order valence-electron chi connectivity index (χ2n) is 4.98. The number of nitrogens with two attached hydrogens (primary N) is 1. The van der Waals surface area contributed by atoms with Crippen molar-refractivity contribution < 1.29 is 9.59 Å². The minimum absolute atomic E-state index is 0.0601. The topological polar surface area (TPSA) is 72.2 Å². The summed E-state index contributed by atoms with van der Waals surface area (Å²) in [6.07, 6.45) is 3.73. The van der Waals surface area contributed by atoms with Gasteiger partial charge in [-0.05, 0) is 18.8 Å². The van der Waals surface area contributed by atoms with Gasteiger partial charge in [-0.1, -0.05) is 40.5 Å². The molecule has 0 aromatic heterocycles. The van der Waals surface area contributed by atoms with Crippen LogP contribution in [-0.2, 0) is 9.59 Å². The van der Waals surface area contributed by atoms with Crippen LogP contribution in [0.25, 0.3) is 0 Å². The van der Waals surface area contributed by atoms with Gasteiger partial charge in [-0.15, -0.1) is 0 Å². The van der Waals surface area contributed by atoms with Crippen molar-refractivity contribution in [2.45, 2.75) is 53.4 Å². The Morgan fingerprint density at radius 3 is 2.17 bits per heavy atom. The Kier molecular flexibility index (Phi) is 6.96. The van der Waals surface area contributed by atoms with Gasteiger partial charge >= 0.3 is 0 Å². The first-order valence-corrected chi connectivity index (χ1v) is 6.97. The molecule has 0 spiro atoms. The van der Waals surface area contributed by atoms with Gasteiger partial charge in [0.1, 0.15) is 0 Å². The molecular formula is C14H28N2O2. The highest BCUT2D eigenvalue weighted by atomic mass is 16.2. The fraction of sp³-hybridized carbons (Fsp3) is 0.857. The van der Waals surface area contributed by atoms with E-state index in [0.29, 0.717) is 12.3 Å². The van der Waals surface area contributed by atoms with Crippen molar-refractivity contribution in [3.63, 3.8) is 0 Å². The summed E-state index contributed by atoms with van der Waals surface area (Å²) < 4.78 is 0. The van der Waals surface area contributed by atoms with Gasteiger partial charge in [0.2, 0.25) is 11.8 Å². The highest BCUT2D eigenvalue weighted by Gasteiger charge is 2.44. The van der Waals surface area contributed by atoms with Gasteiger partial charge in [0.25, 0.3) is 0 Å². The van der Waals surface area contributed by atoms with Gasteiger partial charge in [0.05, 0.1) is 11.3 Å². The van der Waals surface area contributed by atoms with E-state index in [0.717, 1.165) is 6.42 Å². The molecular weight excluding hydrogens is 228 g/mol. The van der Waals surface area contributed by atoms with Gasteiger partial charge in [0.15, 0.2) is 0 Å². The van der Waals surface area contributed by atoms with E-state index in [1.807, 2.05) is 20.8 Å². The molecule has 1 aliphatic rings. The van der Waals surface area contributed by atoms with Crippen molar-refractivity contribution >= 4 is 11.8 Å². The third-order valence-corrected chi connectivity index (χ3v) is 3.90. The summed E-state index contributed by atoms with van der Waals surface area (Å²) in [6.45, 7) is 7.71. The lowest BCUT2D eigenvalue weighted by molar-refractivity contribution is -0.140. The lowest BCUT2D eigenvalue weighted by Crippen LogP contribution is -2.47. The standard InChI is InChI=1S/C12H22N2O2.C2H6/c1-4-12(2,11(13)16)9(10(15)14-3)7-8-5-6-8;1-2/h8-9H,4-7H2,1-3H3,(H2,13,16)(H,14,15);1-2H3. The van der Waals surface area contributed by atoms with Crippen LogP contribution in [0.4, 0.5) is 0 Å². The molecule has 3 N–H and O–H groups in total. The zero-order valence-electron chi connectivity index (χ0n) is 12.4. The van der Waals surface area contributed by atoms with Crippen LogP contribution >= 0.6 is 0 Å². The van der Waals surface area contributed by atoms with Crippen LogP contribution in [-0.4, -0.2) is 18.9 Å². The molecule has 1 saturated carbocycles. The SMILES string of the molecule is CC.CCC(C)(C(N)=O)C(CC1CC1)C(=O)NC. The summed E-state index contributed by atoms with van der Waals surface area (Å²) in [7, 11) is 1.61. The Labute approximate surface area is 111 Å². The Bertz CT molecular complexity index is 288. The first kappa shape index (κ1) is 16.9. The largest absolute Gasteiger partial charge is 0.369 e. The van der Waals surface area contributed by atoms with E-state index in [4.69, 9.17) is 5.73 Å². The molecule has 1 aliphatic carbocycles. The first-order chi connectivity index (χ1) is 8.45. The number of carbonyl (C=O) groups is 2. The molecule has 18 heavy (non-hydrogen) atoms. The third-order valence-electron chi connectivity index (χ3n) is 3.90. The number of hydrogen-bond acceptors (Lipinski definition) is 2. The fourth-order valence-corrected chi connectivity index (χ4v) is 2.11. The van der Waals surface area contributed by atoms with Crippen molar-refractivity contribution in [2.75, 3.05) is 7.05 Å². The number of hydrogen-bond donors (Lipinski definition) is 2. The number of primary amides is 1. The molecule has 1 rings (SSSR count). The molecule has 0 radical (unpaired) electrons. The van der Waals surface area contributed by atoms with Crippen LogP contribution in [0, 0.1) is 17.3 Å². The Hall–Kier alpha value is -1.06. The molecule has 0 aromatic carbocycles. The highest BCUT2D eigenvalue weighted by Crippen LogP contribution is 2.42. The summed E-state index contributed by atoms with van der Waals surface area (Å²) in [6, 6.07) is 0. The van der Waals surface area contributed by atoms with E-state index in [1.54, 1.807) is 14.0 Å². The fourth-order valence-electron chi connectivity index (χ4n) is 2.11. The average Bonchev–Trinajstić information content (AvgIpc) is 3.20. The van der Waals surface area contributed by atoms with Gasteiger partial charge < -0.3 is 11.1 Å². The predicted octanol–water partition coefficient (Wildman–Crippen LogP) is 2.08. The molecule has 1 fully saturated rings. The van der Waals surface area contributed by atoms with Crippen LogP contribution in [0.5, 0.6) is 0 Å². The molecule has 0 bridgehead atoms. The summed E-state index contributed by atoms with van der Waals surface area (Å²) >= 11 is 0. The normalized spacial score (nSPS) is 18.9. The molecule has 2 amide bonds. The number of rotatable bonds is 6. The van der Waals surface area contributed by atoms with Crippen molar-refractivity contribution in [1.82, 2.24) is 5.32 Å². The minimum Gasteiger partial charge on any atom is -0.369 e. The molecule has 0 aromatic rings. The molecule has 2 unspecified atom stereocenters. The van der Waals surface area contributed by atoms with E-state index in [2.05, 4.69) is 5.32 Å². The second kappa shape index (κ2) is 7.39. The Morgan fingerprint density at radius 1 is 1.39 bits per heavy atom.